The van der Waals surface area contributed by atoms with Crippen LogP contribution < -0.4 is 5.43 Å². The Morgan fingerprint density at radius 1 is 1.04 bits per heavy atom. The van der Waals surface area contributed by atoms with Gasteiger partial charge >= 0.3 is 0 Å². The van der Waals surface area contributed by atoms with Crippen molar-refractivity contribution in [2.24, 2.45) is 5.10 Å². The zero-order valence-corrected chi connectivity index (χ0v) is 14.8. The van der Waals surface area contributed by atoms with Crippen molar-refractivity contribution in [1.29, 1.82) is 0 Å². The highest BCUT2D eigenvalue weighted by atomic mass is 32.1. The molecule has 2 aromatic carbocycles. The minimum absolute atomic E-state index is 0.269. The van der Waals surface area contributed by atoms with Gasteiger partial charge in [0.15, 0.2) is 5.82 Å². The fraction of sp³-hybridized carbons (Fsp3) is 0.0500. The second-order valence-corrected chi connectivity index (χ2v) is 6.77. The molecule has 0 amide bonds. The Morgan fingerprint density at radius 2 is 1.81 bits per heavy atom. The Morgan fingerprint density at radius 3 is 2.58 bits per heavy atom. The molecule has 2 heterocycles. The number of hydrazone groups is 1. The van der Waals surface area contributed by atoms with Gasteiger partial charge in [0.2, 0.25) is 0 Å². The molecular weight excluding hydrogens is 347 g/mol. The molecule has 0 spiro atoms. The van der Waals surface area contributed by atoms with E-state index in [0.717, 1.165) is 26.2 Å². The number of nitrogens with one attached hydrogen (secondary N) is 1. The number of halogens is 1. The zero-order chi connectivity index (χ0) is 17.9. The molecule has 0 saturated heterocycles. The SMILES string of the molecule is Cc1nc(N/N=C\c2ccc(F)cc2)c2cc(-c3ccccc3)sc2n1. The lowest BCUT2D eigenvalue weighted by atomic mass is 10.2. The smallest absolute Gasteiger partial charge is 0.158 e. The van der Waals surface area contributed by atoms with Crippen molar-refractivity contribution >= 4 is 33.6 Å². The normalized spacial score (nSPS) is 11.3. The van der Waals surface area contributed by atoms with Crippen LogP contribution in [0.4, 0.5) is 10.2 Å². The molecule has 4 rings (SSSR count). The van der Waals surface area contributed by atoms with Crippen molar-refractivity contribution in [3.8, 4) is 10.4 Å². The fourth-order valence-electron chi connectivity index (χ4n) is 2.57. The molecule has 128 valence electrons. The topological polar surface area (TPSA) is 50.2 Å². The minimum atomic E-state index is -0.269. The first-order chi connectivity index (χ1) is 12.7. The summed E-state index contributed by atoms with van der Waals surface area (Å²) in [4.78, 5) is 11.0. The lowest BCUT2D eigenvalue weighted by Crippen LogP contribution is -1.97. The zero-order valence-electron chi connectivity index (χ0n) is 14.0. The average molecular weight is 362 g/mol. The molecule has 6 heteroatoms. The molecular formula is C20H15FN4S. The van der Waals surface area contributed by atoms with Crippen molar-refractivity contribution in [2.75, 3.05) is 5.43 Å². The number of rotatable bonds is 4. The predicted molar refractivity (Wildman–Crippen MR) is 105 cm³/mol. The predicted octanol–water partition coefficient (Wildman–Crippen LogP) is 5.25. The van der Waals surface area contributed by atoms with Crippen LogP contribution in [0.25, 0.3) is 20.7 Å². The number of nitrogens with zero attached hydrogens (tertiary/aromatic N) is 3. The molecule has 26 heavy (non-hydrogen) atoms. The molecule has 0 atom stereocenters. The first kappa shape index (κ1) is 16.4. The molecule has 2 aromatic heterocycles. The van der Waals surface area contributed by atoms with Gasteiger partial charge in [0.05, 0.1) is 11.6 Å². The first-order valence-corrected chi connectivity index (χ1v) is 8.89. The molecule has 0 radical (unpaired) electrons. The second kappa shape index (κ2) is 7.01. The van der Waals surface area contributed by atoms with E-state index < -0.39 is 0 Å². The number of hydrogen-bond donors (Lipinski definition) is 1. The van der Waals surface area contributed by atoms with Crippen LogP contribution in [0.5, 0.6) is 0 Å². The van der Waals surface area contributed by atoms with Crippen molar-refractivity contribution in [1.82, 2.24) is 9.97 Å². The first-order valence-electron chi connectivity index (χ1n) is 8.07. The summed E-state index contributed by atoms with van der Waals surface area (Å²) in [6.45, 7) is 1.86. The Labute approximate surface area is 154 Å². The molecule has 4 nitrogen and oxygen atoms in total. The van der Waals surface area contributed by atoms with Crippen molar-refractivity contribution in [3.63, 3.8) is 0 Å². The summed E-state index contributed by atoms with van der Waals surface area (Å²) in [6, 6.07) is 18.4. The van der Waals surface area contributed by atoms with Gasteiger partial charge in [-0.25, -0.2) is 14.4 Å². The van der Waals surface area contributed by atoms with E-state index in [2.05, 4.69) is 38.7 Å². The quantitative estimate of drug-likeness (QED) is 0.398. The molecule has 4 aromatic rings. The van der Waals surface area contributed by atoms with Gasteiger partial charge in [-0.05, 0) is 36.2 Å². The van der Waals surface area contributed by atoms with Gasteiger partial charge in [-0.15, -0.1) is 11.3 Å². The Kier molecular flexibility index (Phi) is 4.41. The number of anilines is 1. The monoisotopic (exact) mass is 362 g/mol. The minimum Gasteiger partial charge on any atom is -0.261 e. The Hall–Kier alpha value is -3.12. The standard InChI is InChI=1S/C20H15FN4S/c1-13-23-19(25-22-12-14-7-9-16(21)10-8-14)17-11-18(26-20(17)24-13)15-5-3-2-4-6-15/h2-12H,1H3,(H,23,24,25)/b22-12-. The van der Waals surface area contributed by atoms with E-state index in [1.807, 2.05) is 25.1 Å². The van der Waals surface area contributed by atoms with Crippen molar-refractivity contribution in [3.05, 3.63) is 77.9 Å². The number of thiophene rings is 1. The lowest BCUT2D eigenvalue weighted by Gasteiger charge is -2.02. The van der Waals surface area contributed by atoms with E-state index in [4.69, 9.17) is 0 Å². The van der Waals surface area contributed by atoms with Crippen LogP contribution in [0.1, 0.15) is 11.4 Å². The van der Waals surface area contributed by atoms with E-state index >= 15 is 0 Å². The van der Waals surface area contributed by atoms with Gasteiger partial charge in [0.25, 0.3) is 0 Å². The average Bonchev–Trinajstić information content (AvgIpc) is 3.08. The van der Waals surface area contributed by atoms with Gasteiger partial charge in [-0.3, -0.25) is 5.43 Å². The maximum Gasteiger partial charge on any atom is 0.158 e. The number of aromatic nitrogens is 2. The van der Waals surface area contributed by atoms with Crippen molar-refractivity contribution in [2.45, 2.75) is 6.92 Å². The highest BCUT2D eigenvalue weighted by Gasteiger charge is 2.11. The van der Waals surface area contributed by atoms with Crippen LogP contribution in [0.3, 0.4) is 0 Å². The van der Waals surface area contributed by atoms with Crippen LogP contribution in [0.15, 0.2) is 65.8 Å². The van der Waals surface area contributed by atoms with Crippen LogP contribution in [0.2, 0.25) is 0 Å². The van der Waals surface area contributed by atoms with Gasteiger partial charge in [-0.2, -0.15) is 5.10 Å². The molecule has 1 N–H and O–H groups in total. The molecule has 0 saturated carbocycles. The second-order valence-electron chi connectivity index (χ2n) is 5.74. The molecule has 0 unspecified atom stereocenters. The molecule has 0 aliphatic carbocycles. The van der Waals surface area contributed by atoms with E-state index in [0.29, 0.717) is 11.6 Å². The summed E-state index contributed by atoms with van der Waals surface area (Å²) in [5.41, 5.74) is 4.94. The van der Waals surface area contributed by atoms with Gasteiger partial charge < -0.3 is 0 Å². The number of fused-ring (bicyclic) bond motifs is 1. The fourth-order valence-corrected chi connectivity index (χ4v) is 3.66. The third-order valence-corrected chi connectivity index (χ3v) is 4.89. The Bertz CT molecular complexity index is 1070. The highest BCUT2D eigenvalue weighted by molar-refractivity contribution is 7.21. The highest BCUT2D eigenvalue weighted by Crippen LogP contribution is 2.35. The largest absolute Gasteiger partial charge is 0.261 e. The van der Waals surface area contributed by atoms with Crippen LogP contribution in [-0.4, -0.2) is 16.2 Å². The summed E-state index contributed by atoms with van der Waals surface area (Å²) < 4.78 is 13.0. The summed E-state index contributed by atoms with van der Waals surface area (Å²) >= 11 is 1.63. The molecule has 0 aliphatic heterocycles. The summed E-state index contributed by atoms with van der Waals surface area (Å²) in [5.74, 6) is 1.07. The van der Waals surface area contributed by atoms with Crippen LogP contribution >= 0.6 is 11.3 Å². The molecule has 0 bridgehead atoms. The van der Waals surface area contributed by atoms with E-state index in [1.54, 1.807) is 29.7 Å². The van der Waals surface area contributed by atoms with Gasteiger partial charge in [0.1, 0.15) is 16.5 Å². The van der Waals surface area contributed by atoms with Gasteiger partial charge in [0, 0.05) is 4.88 Å². The maximum absolute atomic E-state index is 13.0. The maximum atomic E-state index is 13.0. The third-order valence-electron chi connectivity index (χ3n) is 3.82. The lowest BCUT2D eigenvalue weighted by molar-refractivity contribution is 0.628. The molecule has 0 fully saturated rings. The Balaban J connectivity index is 1.66. The summed E-state index contributed by atoms with van der Waals surface area (Å²) in [6.07, 6.45) is 1.63. The van der Waals surface area contributed by atoms with Crippen LogP contribution in [-0.2, 0) is 0 Å². The molecule has 0 aliphatic rings. The van der Waals surface area contributed by atoms with Crippen LogP contribution in [0, 0.1) is 12.7 Å². The van der Waals surface area contributed by atoms with Gasteiger partial charge in [-0.1, -0.05) is 42.5 Å². The van der Waals surface area contributed by atoms with E-state index in [9.17, 15) is 4.39 Å². The number of benzene rings is 2. The third kappa shape index (κ3) is 3.45. The number of aryl methyl sites for hydroxylation is 1. The van der Waals surface area contributed by atoms with E-state index in [1.165, 1.54) is 12.1 Å². The summed E-state index contributed by atoms with van der Waals surface area (Å²) in [5, 5.41) is 5.16. The summed E-state index contributed by atoms with van der Waals surface area (Å²) in [7, 11) is 0. The van der Waals surface area contributed by atoms with E-state index in [-0.39, 0.29) is 5.82 Å². The van der Waals surface area contributed by atoms with Crippen molar-refractivity contribution < 1.29 is 4.39 Å². The number of hydrogen-bond acceptors (Lipinski definition) is 5.